The number of rotatable bonds is 21. The minimum absolute atomic E-state index is 0.0157. The number of aliphatic hydroxyl groups is 1. The molecule has 1 aliphatic heterocycles. The molecule has 1 aromatic heterocycles. The van der Waals surface area contributed by atoms with Gasteiger partial charge in [-0.2, -0.15) is 0 Å². The van der Waals surface area contributed by atoms with Crippen LogP contribution >= 0.6 is 11.3 Å². The van der Waals surface area contributed by atoms with E-state index in [0.29, 0.717) is 17.7 Å². The van der Waals surface area contributed by atoms with Gasteiger partial charge in [0.15, 0.2) is 6.61 Å². The monoisotopic (exact) mass is 865 g/mol. The summed E-state index contributed by atoms with van der Waals surface area (Å²) in [5.74, 6) is -1.55. The lowest BCUT2D eigenvalue weighted by atomic mass is 9.85. The lowest BCUT2D eigenvalue weighted by Gasteiger charge is -2.35. The first-order valence-corrected chi connectivity index (χ1v) is 21.8. The van der Waals surface area contributed by atoms with Crippen LogP contribution in [-0.2, 0) is 35.1 Å². The molecule has 1 aliphatic carbocycles. The van der Waals surface area contributed by atoms with Gasteiger partial charge in [-0.15, -0.1) is 11.3 Å². The lowest BCUT2D eigenvalue weighted by molar-refractivity contribution is -0.144. The van der Waals surface area contributed by atoms with E-state index in [2.05, 4.69) is 26.3 Å². The molecule has 1 fully saturated rings. The van der Waals surface area contributed by atoms with Crippen LogP contribution in [0.4, 0.5) is 4.39 Å². The zero-order chi connectivity index (χ0) is 44.1. The summed E-state index contributed by atoms with van der Waals surface area (Å²) in [6, 6.07) is 10.3. The lowest BCUT2D eigenvalue weighted by Crippen LogP contribution is -2.58. The second-order valence-electron chi connectivity index (χ2n) is 16.7. The third kappa shape index (κ3) is 13.5. The van der Waals surface area contributed by atoms with Gasteiger partial charge in [0.1, 0.15) is 17.8 Å². The van der Waals surface area contributed by atoms with Gasteiger partial charge < -0.3 is 46.5 Å². The Hall–Kier alpha value is -4.97. The largest absolute Gasteiger partial charge is 0.484 e. The molecule has 61 heavy (non-hydrogen) atoms. The van der Waals surface area contributed by atoms with Crippen LogP contribution in [0.15, 0.2) is 48.0 Å². The summed E-state index contributed by atoms with van der Waals surface area (Å²) >= 11 is 1.50. The number of nitrogens with two attached hydrogens (primary N) is 1. The van der Waals surface area contributed by atoms with Crippen molar-refractivity contribution in [3.8, 4) is 16.2 Å². The highest BCUT2D eigenvalue weighted by Gasteiger charge is 2.45. The minimum Gasteiger partial charge on any atom is -0.484 e. The Morgan fingerprint density at radius 1 is 1.00 bits per heavy atom. The van der Waals surface area contributed by atoms with E-state index in [-0.39, 0.29) is 83.0 Å². The van der Waals surface area contributed by atoms with E-state index < -0.39 is 54.0 Å². The number of aryl methyl sites for hydroxylation is 2. The maximum Gasteiger partial charge on any atom is 0.258 e. The number of hydrogen-bond acceptors (Lipinski definition) is 11. The molecule has 1 saturated heterocycles. The molecule has 5 amide bonds. The molecule has 0 bridgehead atoms. The molecule has 3 aromatic rings. The highest BCUT2D eigenvalue weighted by atomic mass is 32.1. The molecule has 15 nitrogen and oxygen atoms in total. The van der Waals surface area contributed by atoms with Crippen molar-refractivity contribution in [2.24, 2.45) is 11.1 Å². The molecule has 0 unspecified atom stereocenters. The topological polar surface area (TPSA) is 214 Å². The summed E-state index contributed by atoms with van der Waals surface area (Å²) in [6.45, 7) is 7.28. The van der Waals surface area contributed by atoms with Crippen molar-refractivity contribution in [1.29, 1.82) is 0 Å². The Morgan fingerprint density at radius 2 is 1.72 bits per heavy atom. The molecular weight excluding hydrogens is 806 g/mol. The average Bonchev–Trinajstić information content (AvgIpc) is 3.95. The van der Waals surface area contributed by atoms with Crippen molar-refractivity contribution in [1.82, 2.24) is 31.2 Å². The predicted molar refractivity (Wildman–Crippen MR) is 229 cm³/mol. The van der Waals surface area contributed by atoms with Gasteiger partial charge in [-0.3, -0.25) is 28.4 Å². The van der Waals surface area contributed by atoms with Crippen LogP contribution in [0.25, 0.3) is 10.4 Å². The Bertz CT molecular complexity index is 1970. The number of aliphatic hydroxyl groups excluding tert-OH is 1. The van der Waals surface area contributed by atoms with E-state index in [9.17, 15) is 33.5 Å². The maximum absolute atomic E-state index is 14.1. The van der Waals surface area contributed by atoms with Crippen LogP contribution in [0, 0.1) is 12.3 Å². The number of benzene rings is 2. The van der Waals surface area contributed by atoms with Crippen LogP contribution in [0.2, 0.25) is 0 Å². The van der Waals surface area contributed by atoms with Crippen molar-refractivity contribution < 1.29 is 42.9 Å². The number of amides is 5. The van der Waals surface area contributed by atoms with Gasteiger partial charge in [-0.25, -0.2) is 4.98 Å². The van der Waals surface area contributed by atoms with E-state index in [1.807, 2.05) is 49.4 Å². The van der Waals surface area contributed by atoms with Gasteiger partial charge in [0.25, 0.3) is 5.91 Å². The van der Waals surface area contributed by atoms with Crippen LogP contribution in [0.5, 0.6) is 5.75 Å². The number of nitrogens with zero attached hydrogens (tertiary/aromatic N) is 2. The normalized spacial score (nSPS) is 18.2. The number of halogens is 1. The van der Waals surface area contributed by atoms with Gasteiger partial charge >= 0.3 is 0 Å². The molecule has 17 heteroatoms. The Labute approximate surface area is 360 Å². The van der Waals surface area contributed by atoms with Crippen LogP contribution in [0.1, 0.15) is 93.8 Å². The number of hydrogen-bond donors (Lipinski definition) is 6. The Balaban J connectivity index is 1.15. The van der Waals surface area contributed by atoms with Gasteiger partial charge in [0.2, 0.25) is 23.6 Å². The first-order valence-electron chi connectivity index (χ1n) is 20.9. The molecule has 0 saturated carbocycles. The number of thiazole rings is 1. The van der Waals surface area contributed by atoms with Crippen LogP contribution < -0.4 is 31.7 Å². The highest BCUT2D eigenvalue weighted by molar-refractivity contribution is 7.13. The second-order valence-corrected chi connectivity index (χ2v) is 17.5. The summed E-state index contributed by atoms with van der Waals surface area (Å²) < 4.78 is 23.9. The minimum atomic E-state index is -1.07. The van der Waals surface area contributed by atoms with Crippen molar-refractivity contribution in [2.75, 3.05) is 46.1 Å². The molecule has 2 aromatic carbocycles. The van der Waals surface area contributed by atoms with Crippen molar-refractivity contribution in [3.05, 3.63) is 70.4 Å². The SMILES string of the molecule is Cc1ncsc1-c1ccc([C@H](CC(=O)NCCOCCNC(=O)COc2ccc3c(c2)[C@H](N)CC3)NC(=O)[C@@H]2C[C@@H](O)CN2C(=O)[C@@H](NC(=O)CCCCF)C(C)(C)C)cc1. The average molecular weight is 866 g/mol. The van der Waals surface area contributed by atoms with Crippen molar-refractivity contribution in [2.45, 2.75) is 103 Å². The quantitative estimate of drug-likeness (QED) is 0.0857. The van der Waals surface area contributed by atoms with Gasteiger partial charge in [-0.1, -0.05) is 51.1 Å². The van der Waals surface area contributed by atoms with Gasteiger partial charge in [-0.05, 0) is 72.4 Å². The first-order chi connectivity index (χ1) is 29.1. The molecule has 332 valence electrons. The fourth-order valence-corrected chi connectivity index (χ4v) is 8.30. The zero-order valence-electron chi connectivity index (χ0n) is 35.5. The number of unbranched alkanes of at least 4 members (excludes halogenated alkanes) is 1. The number of carbonyl (C=O) groups is 5. The molecule has 5 atom stereocenters. The smallest absolute Gasteiger partial charge is 0.258 e. The molecule has 0 spiro atoms. The number of fused-ring (bicyclic) bond motifs is 1. The molecular formula is C44H60FN7O8S. The number of aromatic nitrogens is 1. The van der Waals surface area contributed by atoms with E-state index in [0.717, 1.165) is 34.5 Å². The predicted octanol–water partition coefficient (Wildman–Crippen LogP) is 3.57. The fraction of sp³-hybridized carbons (Fsp3) is 0.545. The molecule has 7 N–H and O–H groups in total. The maximum atomic E-state index is 14.1. The summed E-state index contributed by atoms with van der Waals surface area (Å²) in [5, 5.41) is 22.0. The first kappa shape index (κ1) is 47.1. The third-order valence-electron chi connectivity index (χ3n) is 10.8. The number of ether oxygens (including phenoxy) is 2. The summed E-state index contributed by atoms with van der Waals surface area (Å²) in [4.78, 5) is 73.1. The molecule has 2 heterocycles. The standard InChI is InChI=1S/C44H60FN7O8S/c1-27-40(61-26-49-27)30-10-8-29(9-11-30)35(50-42(57)36-21-31(53)24-52(36)43(58)41(44(2,3)4)51-37(54)7-5-6-16-45)23-38(55)47-17-19-59-20-18-48-39(56)25-60-32-14-12-28-13-15-34(46)33(28)22-32/h8-12,14,22,26,31,34-36,41,53H,5-7,13,15-21,23-25,46H2,1-4H3,(H,47,55)(H,48,56)(H,50,57)(H,51,54)/t31-,34-,35+,36+,41-/m1/s1. The Morgan fingerprint density at radius 3 is 2.39 bits per heavy atom. The van der Waals surface area contributed by atoms with Crippen molar-refractivity contribution >= 4 is 40.9 Å². The van der Waals surface area contributed by atoms with E-state index in [4.69, 9.17) is 15.2 Å². The molecule has 5 rings (SSSR count). The van der Waals surface area contributed by atoms with Gasteiger partial charge in [0, 0.05) is 38.5 Å². The Kier molecular flexibility index (Phi) is 17.2. The van der Waals surface area contributed by atoms with Crippen LogP contribution in [0.3, 0.4) is 0 Å². The molecule has 0 radical (unpaired) electrons. The third-order valence-corrected chi connectivity index (χ3v) is 11.8. The number of nitrogens with one attached hydrogen (secondary N) is 4. The number of likely N-dealkylation sites (tertiary alicyclic amines) is 1. The zero-order valence-corrected chi connectivity index (χ0v) is 36.3. The number of carbonyl (C=O) groups excluding carboxylic acids is 5. The van der Waals surface area contributed by atoms with E-state index in [1.54, 1.807) is 26.3 Å². The van der Waals surface area contributed by atoms with Gasteiger partial charge in [0.05, 0.1) is 54.5 Å². The second kappa shape index (κ2) is 22.2. The fourth-order valence-electron chi connectivity index (χ4n) is 7.49. The number of β-amino-alcohol motifs (C(OH)–C–C–N with tert-alkyl or cyclic N) is 1. The summed E-state index contributed by atoms with van der Waals surface area (Å²) in [6.07, 6.45) is 1.29. The summed E-state index contributed by atoms with van der Waals surface area (Å²) in [5.41, 5.74) is 11.9. The molecule has 2 aliphatic rings. The number of alkyl halides is 1. The van der Waals surface area contributed by atoms with Crippen molar-refractivity contribution in [3.63, 3.8) is 0 Å². The van der Waals surface area contributed by atoms with Crippen LogP contribution in [-0.4, -0.2) is 109 Å². The highest BCUT2D eigenvalue weighted by Crippen LogP contribution is 2.33. The van der Waals surface area contributed by atoms with E-state index in [1.165, 1.54) is 21.8 Å². The van der Waals surface area contributed by atoms with E-state index >= 15 is 0 Å². The summed E-state index contributed by atoms with van der Waals surface area (Å²) in [7, 11) is 0.